The van der Waals surface area contributed by atoms with Gasteiger partial charge in [0, 0.05) is 35.1 Å². The van der Waals surface area contributed by atoms with Crippen LogP contribution >= 0.6 is 0 Å². The molecular weight excluding hydrogens is 737 g/mol. The van der Waals surface area contributed by atoms with Crippen molar-refractivity contribution in [2.24, 2.45) is 0 Å². The molecule has 0 atom stereocenters. The number of hydrogen-bond donors (Lipinski definition) is 6. The second kappa shape index (κ2) is 15.6. The Hall–Kier alpha value is -6.12. The molecule has 0 radical (unpaired) electrons. The lowest BCUT2D eigenvalue weighted by molar-refractivity contribution is 0.0797. The van der Waals surface area contributed by atoms with Crippen molar-refractivity contribution in [1.29, 1.82) is 0 Å². The van der Waals surface area contributed by atoms with Gasteiger partial charge in [-0.3, -0.25) is 0 Å². The van der Waals surface area contributed by atoms with Gasteiger partial charge in [-0.15, -0.1) is 0 Å². The molecule has 8 aromatic rings. The second-order valence-electron chi connectivity index (χ2n) is 17.0. The summed E-state index contributed by atoms with van der Waals surface area (Å²) in [6.45, 7) is 7.40. The van der Waals surface area contributed by atoms with E-state index in [4.69, 9.17) is 4.74 Å². The summed E-state index contributed by atoms with van der Waals surface area (Å²) in [4.78, 5) is 0. The van der Waals surface area contributed by atoms with Crippen molar-refractivity contribution in [2.75, 3.05) is 13.2 Å². The lowest BCUT2D eigenvalue weighted by Crippen LogP contribution is -2.22. The number of benzene rings is 8. The molecular formula is C52H50O7. The summed E-state index contributed by atoms with van der Waals surface area (Å²) in [5.41, 5.74) is 2.48. The molecule has 0 fully saturated rings. The minimum Gasteiger partial charge on any atom is -0.507 e. The van der Waals surface area contributed by atoms with Crippen LogP contribution in [0, 0.1) is 0 Å². The first-order chi connectivity index (χ1) is 28.2. The molecule has 6 N–H and O–H groups in total. The number of fused-ring (bicyclic) bond motifs is 4. The molecule has 0 saturated heterocycles. The first-order valence-corrected chi connectivity index (χ1v) is 20.2. The molecule has 0 aliphatic carbocycles. The molecule has 0 saturated carbocycles. The lowest BCUT2D eigenvalue weighted by Gasteiger charge is -2.22. The molecule has 59 heavy (non-hydrogen) atoms. The third-order valence-electron chi connectivity index (χ3n) is 11.2. The van der Waals surface area contributed by atoms with Gasteiger partial charge in [-0.1, -0.05) is 97.1 Å². The summed E-state index contributed by atoms with van der Waals surface area (Å²) in [5, 5.41) is 76.0. The smallest absolute Gasteiger partial charge is 0.127 e. The van der Waals surface area contributed by atoms with Crippen LogP contribution in [0.2, 0.25) is 0 Å². The third-order valence-corrected chi connectivity index (χ3v) is 11.2. The average molecular weight is 787 g/mol. The summed E-state index contributed by atoms with van der Waals surface area (Å²) in [6.07, 6.45) is 1.22. The molecule has 0 aliphatic rings. The van der Waals surface area contributed by atoms with Crippen LogP contribution in [0.1, 0.15) is 49.9 Å². The lowest BCUT2D eigenvalue weighted by atomic mass is 9.86. The van der Waals surface area contributed by atoms with E-state index in [1.165, 1.54) is 0 Å². The van der Waals surface area contributed by atoms with Gasteiger partial charge in [0.2, 0.25) is 0 Å². The van der Waals surface area contributed by atoms with Gasteiger partial charge in [0.25, 0.3) is 0 Å². The molecule has 0 unspecified atom stereocenters. The summed E-state index contributed by atoms with van der Waals surface area (Å²) < 4.78 is 6.23. The van der Waals surface area contributed by atoms with Crippen LogP contribution in [0.25, 0.3) is 65.3 Å². The molecule has 0 heterocycles. The molecule has 0 aromatic heterocycles. The maximum Gasteiger partial charge on any atom is 0.127 e. The number of aliphatic hydroxyl groups is 2. The fourth-order valence-corrected chi connectivity index (χ4v) is 8.64. The number of phenolic OH excluding ortho intramolecular Hbond substituents is 4. The SMILES string of the molecule is CC(C)(O)Cc1cc2ccccc2c(-c2c(O)c(CCOCCc3cc4ccccc4c(-c4c(O)c(CC(C)(C)O)cc5ccccc45)c3O)cc3ccccc23)c1O. The molecule has 8 aromatic carbocycles. The van der Waals surface area contributed by atoms with Gasteiger partial charge in [0.1, 0.15) is 23.0 Å². The predicted molar refractivity (Wildman–Crippen MR) is 239 cm³/mol. The Bertz CT molecular complexity index is 2680. The van der Waals surface area contributed by atoms with Crippen LogP contribution in [0.3, 0.4) is 0 Å². The van der Waals surface area contributed by atoms with E-state index in [1.54, 1.807) is 27.7 Å². The van der Waals surface area contributed by atoms with Gasteiger partial charge in [-0.25, -0.2) is 0 Å². The average Bonchev–Trinajstić information content (AvgIpc) is 3.19. The van der Waals surface area contributed by atoms with Crippen LogP contribution in [-0.2, 0) is 30.4 Å². The van der Waals surface area contributed by atoms with Crippen LogP contribution in [0.5, 0.6) is 23.0 Å². The Morgan fingerprint density at radius 3 is 0.932 bits per heavy atom. The summed E-state index contributed by atoms with van der Waals surface area (Å²) >= 11 is 0. The van der Waals surface area contributed by atoms with Gasteiger partial charge < -0.3 is 35.4 Å². The number of ether oxygens (including phenoxy) is 1. The topological polar surface area (TPSA) is 131 Å². The summed E-state index contributed by atoms with van der Waals surface area (Å²) in [7, 11) is 0. The van der Waals surface area contributed by atoms with Crippen molar-refractivity contribution in [3.05, 3.63) is 144 Å². The first-order valence-electron chi connectivity index (χ1n) is 20.2. The number of rotatable bonds is 12. The zero-order valence-electron chi connectivity index (χ0n) is 33.9. The molecule has 0 bridgehead atoms. The Labute approximate surface area is 344 Å². The Morgan fingerprint density at radius 1 is 0.390 bits per heavy atom. The van der Waals surface area contributed by atoms with E-state index in [-0.39, 0.29) is 49.1 Å². The molecule has 300 valence electrons. The molecule has 7 nitrogen and oxygen atoms in total. The molecule has 0 aliphatic heterocycles. The Morgan fingerprint density at radius 2 is 0.644 bits per heavy atom. The second-order valence-corrected chi connectivity index (χ2v) is 17.0. The number of phenols is 4. The Kier molecular flexibility index (Phi) is 10.5. The van der Waals surface area contributed by atoms with E-state index in [0.29, 0.717) is 57.3 Å². The zero-order valence-corrected chi connectivity index (χ0v) is 33.9. The maximum absolute atomic E-state index is 12.1. The molecule has 7 heteroatoms. The summed E-state index contributed by atoms with van der Waals surface area (Å²) in [6, 6.07) is 38.8. The van der Waals surface area contributed by atoms with Gasteiger partial charge >= 0.3 is 0 Å². The van der Waals surface area contributed by atoms with Crippen molar-refractivity contribution in [3.63, 3.8) is 0 Å². The van der Waals surface area contributed by atoms with Gasteiger partial charge in [-0.05, 0) is 130 Å². The van der Waals surface area contributed by atoms with E-state index in [2.05, 4.69) is 0 Å². The predicted octanol–water partition coefficient (Wildman–Crippen LogP) is 10.9. The zero-order chi connectivity index (χ0) is 41.6. The maximum atomic E-state index is 12.1. The van der Waals surface area contributed by atoms with Crippen LogP contribution < -0.4 is 0 Å². The molecule has 0 spiro atoms. The van der Waals surface area contributed by atoms with Gasteiger partial charge in [-0.2, -0.15) is 0 Å². The van der Waals surface area contributed by atoms with Crippen molar-refractivity contribution in [3.8, 4) is 45.3 Å². The normalized spacial score (nSPS) is 12.3. The first kappa shape index (κ1) is 39.7. The monoisotopic (exact) mass is 786 g/mol. The highest BCUT2D eigenvalue weighted by Gasteiger charge is 2.26. The fourth-order valence-electron chi connectivity index (χ4n) is 8.64. The highest BCUT2D eigenvalue weighted by molar-refractivity contribution is 6.12. The minimum absolute atomic E-state index is 0.0273. The minimum atomic E-state index is -1.06. The summed E-state index contributed by atoms with van der Waals surface area (Å²) in [5.74, 6) is 0.173. The van der Waals surface area contributed by atoms with E-state index < -0.39 is 11.2 Å². The highest BCUT2D eigenvalue weighted by Crippen LogP contribution is 2.50. The van der Waals surface area contributed by atoms with Gasteiger partial charge in [0.15, 0.2) is 0 Å². The number of hydrogen-bond acceptors (Lipinski definition) is 7. The van der Waals surface area contributed by atoms with E-state index in [9.17, 15) is 30.6 Å². The van der Waals surface area contributed by atoms with Crippen LogP contribution in [0.4, 0.5) is 0 Å². The van der Waals surface area contributed by atoms with Crippen molar-refractivity contribution in [1.82, 2.24) is 0 Å². The van der Waals surface area contributed by atoms with Crippen molar-refractivity contribution >= 4 is 43.1 Å². The quantitative estimate of drug-likeness (QED) is 0.0680. The Balaban J connectivity index is 1.11. The van der Waals surface area contributed by atoms with Crippen molar-refractivity contribution in [2.45, 2.75) is 64.6 Å². The fraction of sp³-hybridized carbons (Fsp3) is 0.231. The van der Waals surface area contributed by atoms with E-state index in [1.807, 2.05) is 121 Å². The van der Waals surface area contributed by atoms with E-state index >= 15 is 0 Å². The van der Waals surface area contributed by atoms with Gasteiger partial charge in [0.05, 0.1) is 24.4 Å². The highest BCUT2D eigenvalue weighted by atomic mass is 16.5. The molecule has 0 amide bonds. The number of aromatic hydroxyl groups is 4. The van der Waals surface area contributed by atoms with Crippen LogP contribution in [0.15, 0.2) is 121 Å². The van der Waals surface area contributed by atoms with Crippen molar-refractivity contribution < 1.29 is 35.4 Å². The van der Waals surface area contributed by atoms with Crippen LogP contribution in [-0.4, -0.2) is 55.1 Å². The largest absolute Gasteiger partial charge is 0.507 e. The standard InChI is InChI=1S/C52H50O7/c1-51(2,57)29-37-27-33-15-7-11-19-41(33)45(49(37)55)43-39-17-9-5-13-31(39)25-35(47(43)53)21-23-59-24-22-36-26-32-14-6-10-18-40(32)44(48(36)54)46-42-20-12-8-16-34(42)28-38(50(46)56)30-52(3,4)58/h5-20,25-28,53-58H,21-24,29-30H2,1-4H3. The third kappa shape index (κ3) is 7.89. The van der Waals surface area contributed by atoms with E-state index in [0.717, 1.165) is 43.1 Å². The molecule has 8 rings (SSSR count).